The molecular weight excluding hydrogens is 344 g/mol. The fourth-order valence-corrected chi connectivity index (χ4v) is 2.31. The summed E-state index contributed by atoms with van der Waals surface area (Å²) in [4.78, 5) is 44.9. The van der Waals surface area contributed by atoms with Crippen LogP contribution in [0.4, 0.5) is 0 Å². The Kier molecular flexibility index (Phi) is 5.17. The Morgan fingerprint density at radius 2 is 1.19 bits per heavy atom. The van der Waals surface area contributed by atoms with Gasteiger partial charge in [-0.05, 0) is 29.8 Å². The summed E-state index contributed by atoms with van der Waals surface area (Å²) in [6.07, 6.45) is 2.40. The van der Waals surface area contributed by atoms with Crippen molar-refractivity contribution in [2.45, 2.75) is 0 Å². The van der Waals surface area contributed by atoms with Crippen molar-refractivity contribution in [3.63, 3.8) is 0 Å². The molecule has 0 amide bonds. The van der Waals surface area contributed by atoms with Gasteiger partial charge in [0, 0.05) is 5.56 Å². The van der Waals surface area contributed by atoms with Gasteiger partial charge in [-0.25, -0.2) is 19.2 Å². The van der Waals surface area contributed by atoms with Gasteiger partial charge in [-0.15, -0.1) is 0 Å². The van der Waals surface area contributed by atoms with Crippen molar-refractivity contribution < 1.29 is 39.6 Å². The molecule has 2 rings (SSSR count). The minimum Gasteiger partial charge on any atom is -0.478 e. The van der Waals surface area contributed by atoms with Crippen molar-refractivity contribution in [3.05, 3.63) is 69.8 Å². The molecule has 0 spiro atoms. The zero-order chi connectivity index (χ0) is 19.4. The van der Waals surface area contributed by atoms with E-state index >= 15 is 0 Å². The maximum absolute atomic E-state index is 11.3. The number of hydrogen-bond acceptors (Lipinski definition) is 4. The maximum Gasteiger partial charge on any atom is 0.336 e. The number of carboxylic acid groups (broad SMARTS) is 4. The van der Waals surface area contributed by atoms with Crippen LogP contribution in [-0.4, -0.2) is 44.3 Å². The van der Waals surface area contributed by atoms with Crippen LogP contribution in [0.5, 0.6) is 0 Å². The third-order valence-corrected chi connectivity index (χ3v) is 3.53. The van der Waals surface area contributed by atoms with E-state index < -0.39 is 23.9 Å². The molecule has 132 valence electrons. The molecule has 0 heterocycles. The second-order valence-corrected chi connectivity index (χ2v) is 5.12. The third-order valence-electron chi connectivity index (χ3n) is 3.53. The standard InChI is InChI=1S/C18H12O8/c19-15(20)10-5-4-9(14(8-10)18(25)26)6-7-11-12(16(21)22)2-1-3-13(11)17(23)24/h1-8H,(H,19,20)(H,21,22)(H,23,24)(H,25,26). The third kappa shape index (κ3) is 3.75. The lowest BCUT2D eigenvalue weighted by Gasteiger charge is -2.07. The highest BCUT2D eigenvalue weighted by atomic mass is 16.4. The topological polar surface area (TPSA) is 149 Å². The number of rotatable bonds is 6. The van der Waals surface area contributed by atoms with Crippen LogP contribution >= 0.6 is 0 Å². The van der Waals surface area contributed by atoms with Crippen molar-refractivity contribution in [1.29, 1.82) is 0 Å². The van der Waals surface area contributed by atoms with Crippen LogP contribution in [0.25, 0.3) is 12.2 Å². The first kappa shape index (κ1) is 18.4. The Morgan fingerprint density at radius 1 is 0.654 bits per heavy atom. The van der Waals surface area contributed by atoms with Crippen LogP contribution in [0.3, 0.4) is 0 Å². The van der Waals surface area contributed by atoms with E-state index in [1.165, 1.54) is 42.5 Å². The highest BCUT2D eigenvalue weighted by Crippen LogP contribution is 2.21. The molecule has 0 saturated carbocycles. The van der Waals surface area contributed by atoms with Gasteiger partial charge in [-0.3, -0.25) is 0 Å². The van der Waals surface area contributed by atoms with E-state index in [2.05, 4.69) is 0 Å². The number of carbonyl (C=O) groups is 4. The van der Waals surface area contributed by atoms with Gasteiger partial charge < -0.3 is 20.4 Å². The van der Waals surface area contributed by atoms with Crippen LogP contribution in [-0.2, 0) is 0 Å². The molecule has 0 fully saturated rings. The van der Waals surface area contributed by atoms with Gasteiger partial charge in [0.2, 0.25) is 0 Å². The highest BCUT2D eigenvalue weighted by Gasteiger charge is 2.17. The summed E-state index contributed by atoms with van der Waals surface area (Å²) in [5.74, 6) is -5.36. The fraction of sp³-hybridized carbons (Fsp3) is 0. The van der Waals surface area contributed by atoms with Gasteiger partial charge in [0.15, 0.2) is 0 Å². The lowest BCUT2D eigenvalue weighted by Crippen LogP contribution is -2.07. The molecule has 0 saturated heterocycles. The molecule has 26 heavy (non-hydrogen) atoms. The summed E-state index contributed by atoms with van der Waals surface area (Å²) >= 11 is 0. The Bertz CT molecular complexity index is 923. The fourth-order valence-electron chi connectivity index (χ4n) is 2.31. The van der Waals surface area contributed by atoms with Gasteiger partial charge >= 0.3 is 23.9 Å². The lowest BCUT2D eigenvalue weighted by atomic mass is 9.98. The number of hydrogen-bond donors (Lipinski definition) is 4. The predicted octanol–water partition coefficient (Wildman–Crippen LogP) is 2.65. The quantitative estimate of drug-likeness (QED) is 0.577. The summed E-state index contributed by atoms with van der Waals surface area (Å²) in [5, 5.41) is 36.6. The summed E-state index contributed by atoms with van der Waals surface area (Å²) in [6, 6.07) is 7.13. The monoisotopic (exact) mass is 356 g/mol. The Labute approximate surface area is 146 Å². The summed E-state index contributed by atoms with van der Waals surface area (Å²) in [7, 11) is 0. The molecule has 2 aromatic carbocycles. The van der Waals surface area contributed by atoms with Gasteiger partial charge in [0.1, 0.15) is 0 Å². The molecule has 2 aromatic rings. The average molecular weight is 356 g/mol. The summed E-state index contributed by atoms with van der Waals surface area (Å²) in [5.41, 5.74) is -1.08. The average Bonchev–Trinajstić information content (AvgIpc) is 2.58. The smallest absolute Gasteiger partial charge is 0.336 e. The first-order chi connectivity index (χ1) is 12.2. The number of benzene rings is 2. The molecule has 0 atom stereocenters. The molecule has 8 nitrogen and oxygen atoms in total. The van der Waals surface area contributed by atoms with Crippen LogP contribution in [0.15, 0.2) is 36.4 Å². The van der Waals surface area contributed by atoms with E-state index in [9.17, 15) is 34.5 Å². The van der Waals surface area contributed by atoms with Gasteiger partial charge in [-0.1, -0.05) is 24.3 Å². The molecule has 4 N–H and O–H groups in total. The van der Waals surface area contributed by atoms with E-state index in [-0.39, 0.29) is 33.4 Å². The minimum atomic E-state index is -1.38. The zero-order valence-corrected chi connectivity index (χ0v) is 13.0. The van der Waals surface area contributed by atoms with E-state index in [1.807, 2.05) is 0 Å². The van der Waals surface area contributed by atoms with Crippen LogP contribution in [0.1, 0.15) is 52.6 Å². The second kappa shape index (κ2) is 7.31. The summed E-state index contributed by atoms with van der Waals surface area (Å²) in [6.45, 7) is 0. The molecule has 0 aliphatic heterocycles. The molecule has 0 bridgehead atoms. The van der Waals surface area contributed by atoms with E-state index in [1.54, 1.807) is 0 Å². The van der Waals surface area contributed by atoms with Crippen LogP contribution in [0, 0.1) is 0 Å². The molecule has 0 aliphatic rings. The molecule has 0 unspecified atom stereocenters. The number of carboxylic acids is 4. The SMILES string of the molecule is O=C(O)c1ccc(C=Cc2c(C(=O)O)cccc2C(=O)O)c(C(=O)O)c1. The Hall–Kier alpha value is -3.94. The van der Waals surface area contributed by atoms with Gasteiger partial charge in [0.25, 0.3) is 0 Å². The Morgan fingerprint density at radius 3 is 1.65 bits per heavy atom. The van der Waals surface area contributed by atoms with Crippen LogP contribution in [0.2, 0.25) is 0 Å². The van der Waals surface area contributed by atoms with Crippen molar-refractivity contribution in [1.82, 2.24) is 0 Å². The maximum atomic E-state index is 11.3. The van der Waals surface area contributed by atoms with Crippen molar-refractivity contribution in [3.8, 4) is 0 Å². The Balaban J connectivity index is 2.61. The largest absolute Gasteiger partial charge is 0.478 e. The predicted molar refractivity (Wildman–Crippen MR) is 89.6 cm³/mol. The summed E-state index contributed by atoms with van der Waals surface area (Å²) < 4.78 is 0. The minimum absolute atomic E-state index is 0.0963. The highest BCUT2D eigenvalue weighted by molar-refractivity contribution is 6.02. The van der Waals surface area contributed by atoms with Crippen LogP contribution < -0.4 is 0 Å². The van der Waals surface area contributed by atoms with E-state index in [0.29, 0.717) is 0 Å². The normalized spacial score (nSPS) is 10.6. The zero-order valence-electron chi connectivity index (χ0n) is 13.0. The second-order valence-electron chi connectivity index (χ2n) is 5.12. The first-order valence-corrected chi connectivity index (χ1v) is 7.10. The molecule has 8 heteroatoms. The van der Waals surface area contributed by atoms with Crippen molar-refractivity contribution in [2.24, 2.45) is 0 Å². The van der Waals surface area contributed by atoms with Gasteiger partial charge in [0.05, 0.1) is 22.3 Å². The molecular formula is C18H12O8. The van der Waals surface area contributed by atoms with E-state index in [4.69, 9.17) is 5.11 Å². The first-order valence-electron chi connectivity index (χ1n) is 7.10. The molecule has 0 aromatic heterocycles. The lowest BCUT2D eigenvalue weighted by molar-refractivity contribution is 0.0676. The van der Waals surface area contributed by atoms with E-state index in [0.717, 1.165) is 6.07 Å². The van der Waals surface area contributed by atoms with Crippen molar-refractivity contribution in [2.75, 3.05) is 0 Å². The van der Waals surface area contributed by atoms with Gasteiger partial charge in [-0.2, -0.15) is 0 Å². The molecule has 0 radical (unpaired) electrons. The molecule has 0 aliphatic carbocycles. The number of aromatic carboxylic acids is 4. The van der Waals surface area contributed by atoms with Crippen molar-refractivity contribution >= 4 is 36.0 Å².